The smallest absolute Gasteiger partial charge is 0.360 e. The fourth-order valence-corrected chi connectivity index (χ4v) is 2.00. The molecule has 0 unspecified atom stereocenters. The van der Waals surface area contributed by atoms with E-state index >= 15 is 0 Å². The summed E-state index contributed by atoms with van der Waals surface area (Å²) >= 11 is 0. The minimum absolute atomic E-state index is 0.00628. The Labute approximate surface area is 145 Å². The van der Waals surface area contributed by atoms with Crippen LogP contribution in [0.25, 0.3) is 0 Å². The highest BCUT2D eigenvalue weighted by Crippen LogP contribution is 2.29. The van der Waals surface area contributed by atoms with Gasteiger partial charge in [-0.1, -0.05) is 5.16 Å². The molecule has 1 amide bonds. The van der Waals surface area contributed by atoms with Gasteiger partial charge in [-0.05, 0) is 31.2 Å². The molecule has 10 heteroatoms. The molecule has 1 aromatic carbocycles. The van der Waals surface area contributed by atoms with Crippen LogP contribution in [0.1, 0.15) is 21.8 Å². The Morgan fingerprint density at radius 1 is 1.08 bits per heavy atom. The highest BCUT2D eigenvalue weighted by Gasteiger charge is 2.30. The number of hydrogen-bond donors (Lipinski definition) is 2. The molecule has 0 saturated carbocycles. The summed E-state index contributed by atoms with van der Waals surface area (Å²) in [7, 11) is 0. The van der Waals surface area contributed by atoms with Crippen LogP contribution in [-0.4, -0.2) is 21.0 Å². The number of aryl methyl sites for hydroxylation is 1. The van der Waals surface area contributed by atoms with Gasteiger partial charge in [0.15, 0.2) is 5.82 Å². The minimum atomic E-state index is -4.43. The molecule has 0 aliphatic heterocycles. The molecule has 0 aliphatic carbocycles. The SMILES string of the molecule is Cc1cc(Nc2cnc(C(=O)Nc3ccc(C(F)(F)F)cc3)cn2)no1. The first-order valence-corrected chi connectivity index (χ1v) is 7.32. The monoisotopic (exact) mass is 363 g/mol. The number of halogens is 3. The van der Waals surface area contributed by atoms with Gasteiger partial charge in [-0.3, -0.25) is 4.79 Å². The van der Waals surface area contributed by atoms with Crippen LogP contribution in [0, 0.1) is 6.92 Å². The lowest BCUT2D eigenvalue weighted by Gasteiger charge is -2.08. The lowest BCUT2D eigenvalue weighted by atomic mass is 10.2. The zero-order valence-corrected chi connectivity index (χ0v) is 13.3. The molecule has 26 heavy (non-hydrogen) atoms. The number of hydrogen-bond acceptors (Lipinski definition) is 6. The van der Waals surface area contributed by atoms with Crippen molar-refractivity contribution >= 4 is 23.2 Å². The van der Waals surface area contributed by atoms with Gasteiger partial charge in [-0.25, -0.2) is 9.97 Å². The molecular formula is C16H12F3N5O2. The predicted octanol–water partition coefficient (Wildman–Crippen LogP) is 3.79. The molecule has 3 aromatic rings. The number of anilines is 3. The van der Waals surface area contributed by atoms with Crippen molar-refractivity contribution in [3.8, 4) is 0 Å². The summed E-state index contributed by atoms with van der Waals surface area (Å²) in [4.78, 5) is 20.1. The quantitative estimate of drug-likeness (QED) is 0.733. The summed E-state index contributed by atoms with van der Waals surface area (Å²) in [5.41, 5.74) is -0.578. The molecule has 0 saturated heterocycles. The van der Waals surface area contributed by atoms with Crippen LogP contribution in [0.3, 0.4) is 0 Å². The molecule has 0 aliphatic rings. The van der Waals surface area contributed by atoms with Crippen LogP contribution in [0.15, 0.2) is 47.2 Å². The topological polar surface area (TPSA) is 92.9 Å². The number of carbonyl (C=O) groups is 1. The van der Waals surface area contributed by atoms with Gasteiger partial charge in [0.05, 0.1) is 18.0 Å². The maximum atomic E-state index is 12.5. The molecule has 2 aromatic heterocycles. The van der Waals surface area contributed by atoms with Gasteiger partial charge in [0.2, 0.25) is 0 Å². The minimum Gasteiger partial charge on any atom is -0.360 e. The molecule has 2 N–H and O–H groups in total. The standard InChI is InChI=1S/C16H12F3N5O2/c1-9-6-13(24-26-9)23-14-8-20-12(7-21-14)15(25)22-11-4-2-10(3-5-11)16(17,18)19/h2-8H,1H3,(H,22,25)(H,21,23,24). The molecule has 3 rings (SSSR count). The van der Waals surface area contributed by atoms with Crippen molar-refractivity contribution < 1.29 is 22.5 Å². The number of alkyl halides is 3. The molecule has 0 bridgehead atoms. The number of amides is 1. The fraction of sp³-hybridized carbons (Fsp3) is 0.125. The van der Waals surface area contributed by atoms with E-state index in [-0.39, 0.29) is 11.4 Å². The predicted molar refractivity (Wildman–Crippen MR) is 86.0 cm³/mol. The zero-order valence-electron chi connectivity index (χ0n) is 13.3. The van der Waals surface area contributed by atoms with E-state index in [0.717, 1.165) is 24.3 Å². The fourth-order valence-electron chi connectivity index (χ4n) is 2.00. The van der Waals surface area contributed by atoms with E-state index in [4.69, 9.17) is 4.52 Å². The van der Waals surface area contributed by atoms with Gasteiger partial charge in [0.1, 0.15) is 17.3 Å². The van der Waals surface area contributed by atoms with E-state index < -0.39 is 17.6 Å². The van der Waals surface area contributed by atoms with E-state index in [9.17, 15) is 18.0 Å². The van der Waals surface area contributed by atoms with Crippen LogP contribution in [-0.2, 0) is 6.18 Å². The largest absolute Gasteiger partial charge is 0.416 e. The van der Waals surface area contributed by atoms with E-state index in [1.807, 2.05) is 0 Å². The lowest BCUT2D eigenvalue weighted by Crippen LogP contribution is -2.14. The Morgan fingerprint density at radius 3 is 2.35 bits per heavy atom. The van der Waals surface area contributed by atoms with Crippen LogP contribution in [0.5, 0.6) is 0 Å². The maximum Gasteiger partial charge on any atom is 0.416 e. The van der Waals surface area contributed by atoms with Gasteiger partial charge in [0.25, 0.3) is 5.91 Å². The molecule has 0 fully saturated rings. The van der Waals surface area contributed by atoms with E-state index in [1.165, 1.54) is 12.4 Å². The van der Waals surface area contributed by atoms with Crippen LogP contribution in [0.4, 0.5) is 30.5 Å². The highest BCUT2D eigenvalue weighted by atomic mass is 19.4. The average Bonchev–Trinajstić information content (AvgIpc) is 3.00. The van der Waals surface area contributed by atoms with Gasteiger partial charge >= 0.3 is 6.18 Å². The van der Waals surface area contributed by atoms with Crippen LogP contribution < -0.4 is 10.6 Å². The third kappa shape index (κ3) is 4.15. The van der Waals surface area contributed by atoms with Crippen LogP contribution in [0.2, 0.25) is 0 Å². The number of carbonyl (C=O) groups excluding carboxylic acids is 1. The molecule has 2 heterocycles. The summed E-state index contributed by atoms with van der Waals surface area (Å²) in [6, 6.07) is 5.75. The number of nitrogens with one attached hydrogen (secondary N) is 2. The Kier molecular flexibility index (Phi) is 4.57. The van der Waals surface area contributed by atoms with Gasteiger partial charge < -0.3 is 15.2 Å². The normalized spacial score (nSPS) is 11.2. The zero-order chi connectivity index (χ0) is 18.7. The summed E-state index contributed by atoms with van der Waals surface area (Å²) in [6.45, 7) is 1.73. The second-order valence-electron chi connectivity index (χ2n) is 5.26. The molecule has 7 nitrogen and oxygen atoms in total. The molecule has 134 valence electrons. The summed E-state index contributed by atoms with van der Waals surface area (Å²) in [6.07, 6.45) is -1.88. The molecule has 0 atom stereocenters. The molecule has 0 radical (unpaired) electrons. The molecular weight excluding hydrogens is 351 g/mol. The van der Waals surface area contributed by atoms with Crippen LogP contribution >= 0.6 is 0 Å². The first-order valence-electron chi connectivity index (χ1n) is 7.32. The number of nitrogens with zero attached hydrogens (tertiary/aromatic N) is 3. The van der Waals surface area contributed by atoms with Crippen molar-refractivity contribution in [2.24, 2.45) is 0 Å². The first kappa shape index (κ1) is 17.4. The van der Waals surface area contributed by atoms with Crippen molar-refractivity contribution in [2.75, 3.05) is 10.6 Å². The maximum absolute atomic E-state index is 12.5. The second-order valence-corrected chi connectivity index (χ2v) is 5.26. The number of rotatable bonds is 4. The Morgan fingerprint density at radius 2 is 1.81 bits per heavy atom. The van der Waals surface area contributed by atoms with Crippen molar-refractivity contribution in [3.05, 3.63) is 59.7 Å². The van der Waals surface area contributed by atoms with Crippen molar-refractivity contribution in [2.45, 2.75) is 13.1 Å². The summed E-state index contributed by atoms with van der Waals surface area (Å²) in [5.74, 6) is 0.817. The third-order valence-corrected chi connectivity index (χ3v) is 3.24. The van der Waals surface area contributed by atoms with E-state index in [2.05, 4.69) is 25.8 Å². The Balaban J connectivity index is 1.64. The summed E-state index contributed by atoms with van der Waals surface area (Å²) < 4.78 is 42.5. The Hall–Kier alpha value is -3.43. The first-order chi connectivity index (χ1) is 12.3. The molecule has 0 spiro atoms. The number of aromatic nitrogens is 3. The van der Waals surface area contributed by atoms with E-state index in [0.29, 0.717) is 17.4 Å². The highest BCUT2D eigenvalue weighted by molar-refractivity contribution is 6.02. The average molecular weight is 363 g/mol. The second kappa shape index (κ2) is 6.82. The summed E-state index contributed by atoms with van der Waals surface area (Å²) in [5, 5.41) is 9.03. The van der Waals surface area contributed by atoms with Gasteiger partial charge in [-0.2, -0.15) is 13.2 Å². The van der Waals surface area contributed by atoms with E-state index in [1.54, 1.807) is 13.0 Å². The lowest BCUT2D eigenvalue weighted by molar-refractivity contribution is -0.137. The van der Waals surface area contributed by atoms with Crippen molar-refractivity contribution in [1.29, 1.82) is 0 Å². The number of benzene rings is 1. The third-order valence-electron chi connectivity index (χ3n) is 3.24. The van der Waals surface area contributed by atoms with Gasteiger partial charge in [0, 0.05) is 11.8 Å². The Bertz CT molecular complexity index is 905. The van der Waals surface area contributed by atoms with Gasteiger partial charge in [-0.15, -0.1) is 0 Å². The van der Waals surface area contributed by atoms with Crippen molar-refractivity contribution in [3.63, 3.8) is 0 Å². The van der Waals surface area contributed by atoms with Crippen molar-refractivity contribution in [1.82, 2.24) is 15.1 Å².